The fourth-order valence-electron chi connectivity index (χ4n) is 1.44. The molecule has 1 nitrogen and oxygen atoms in total. The van der Waals surface area contributed by atoms with Gasteiger partial charge in [-0.2, -0.15) is 0 Å². The predicted molar refractivity (Wildman–Crippen MR) is 68.0 cm³/mol. The Labute approximate surface area is 94.9 Å². The van der Waals surface area contributed by atoms with Gasteiger partial charge in [0.05, 0.1) is 5.60 Å². The van der Waals surface area contributed by atoms with E-state index < -0.39 is 5.60 Å². The van der Waals surface area contributed by atoms with Crippen LogP contribution in [-0.4, -0.2) is 10.7 Å². The lowest BCUT2D eigenvalue weighted by molar-refractivity contribution is 0.0721. The van der Waals surface area contributed by atoms with Crippen molar-refractivity contribution in [2.45, 2.75) is 65.4 Å². The first-order chi connectivity index (χ1) is 6.81. The molecule has 1 N–H and O–H groups in total. The maximum Gasteiger partial charge on any atom is 0.0594 e. The van der Waals surface area contributed by atoms with E-state index in [1.165, 1.54) is 17.6 Å². The Morgan fingerprint density at radius 3 is 2.33 bits per heavy atom. The van der Waals surface area contributed by atoms with Gasteiger partial charge >= 0.3 is 0 Å². The van der Waals surface area contributed by atoms with Crippen LogP contribution < -0.4 is 0 Å². The highest BCUT2D eigenvalue weighted by molar-refractivity contribution is 4.99. The average Bonchev–Trinajstić information content (AvgIpc) is 2.00. The maximum atomic E-state index is 9.54. The lowest BCUT2D eigenvalue weighted by Crippen LogP contribution is -2.17. The minimum absolute atomic E-state index is 0.533. The molecule has 0 aromatic rings. The maximum absolute atomic E-state index is 9.54. The van der Waals surface area contributed by atoms with Crippen LogP contribution in [0.2, 0.25) is 0 Å². The van der Waals surface area contributed by atoms with E-state index in [1.807, 2.05) is 13.8 Å². The number of hydrogen-bond donors (Lipinski definition) is 1. The van der Waals surface area contributed by atoms with Crippen molar-refractivity contribution in [2.24, 2.45) is 0 Å². The summed E-state index contributed by atoms with van der Waals surface area (Å²) in [5.41, 5.74) is 2.16. The zero-order chi connectivity index (χ0) is 11.9. The standard InChI is InChI=1S/C14H26O/c1-12(2)8-6-9-13(3)10-7-11-14(4,5)15/h10,15H,1,6-9,11H2,2-5H3. The zero-order valence-corrected chi connectivity index (χ0v) is 10.8. The Morgan fingerprint density at radius 1 is 1.27 bits per heavy atom. The van der Waals surface area contributed by atoms with Gasteiger partial charge in [0, 0.05) is 0 Å². The highest BCUT2D eigenvalue weighted by atomic mass is 16.3. The lowest BCUT2D eigenvalue weighted by Gasteiger charge is -2.15. The molecule has 0 aliphatic heterocycles. The van der Waals surface area contributed by atoms with Crippen LogP contribution in [0.5, 0.6) is 0 Å². The topological polar surface area (TPSA) is 20.2 Å². The molecule has 0 heterocycles. The van der Waals surface area contributed by atoms with Crippen molar-refractivity contribution in [1.29, 1.82) is 0 Å². The van der Waals surface area contributed by atoms with Gasteiger partial charge in [-0.05, 0) is 59.8 Å². The van der Waals surface area contributed by atoms with Crippen molar-refractivity contribution in [1.82, 2.24) is 0 Å². The molecule has 1 heteroatoms. The molecule has 0 fully saturated rings. The van der Waals surface area contributed by atoms with E-state index in [4.69, 9.17) is 0 Å². The van der Waals surface area contributed by atoms with Crippen molar-refractivity contribution in [3.8, 4) is 0 Å². The summed E-state index contributed by atoms with van der Waals surface area (Å²) in [5.74, 6) is 0. The fraction of sp³-hybridized carbons (Fsp3) is 0.714. The van der Waals surface area contributed by atoms with E-state index in [1.54, 1.807) is 0 Å². The van der Waals surface area contributed by atoms with E-state index >= 15 is 0 Å². The number of allylic oxidation sites excluding steroid dienone is 3. The smallest absolute Gasteiger partial charge is 0.0594 e. The fourth-order valence-corrected chi connectivity index (χ4v) is 1.44. The SMILES string of the molecule is C=C(C)CCCC(C)=CCCC(C)(C)O. The molecule has 15 heavy (non-hydrogen) atoms. The first kappa shape index (κ1) is 14.4. The van der Waals surface area contributed by atoms with Crippen LogP contribution in [0.15, 0.2) is 23.8 Å². The Balaban J connectivity index is 3.66. The van der Waals surface area contributed by atoms with Gasteiger partial charge in [-0.3, -0.25) is 0 Å². The van der Waals surface area contributed by atoms with Crippen LogP contribution in [0.25, 0.3) is 0 Å². The van der Waals surface area contributed by atoms with Crippen molar-refractivity contribution < 1.29 is 5.11 Å². The number of rotatable bonds is 7. The van der Waals surface area contributed by atoms with Crippen molar-refractivity contribution in [2.75, 3.05) is 0 Å². The summed E-state index contributed by atoms with van der Waals surface area (Å²) < 4.78 is 0. The van der Waals surface area contributed by atoms with E-state index in [2.05, 4.69) is 26.5 Å². The number of hydrogen-bond acceptors (Lipinski definition) is 1. The largest absolute Gasteiger partial charge is 0.390 e. The van der Waals surface area contributed by atoms with Gasteiger partial charge in [-0.15, -0.1) is 6.58 Å². The molecule has 88 valence electrons. The third kappa shape index (κ3) is 11.4. The average molecular weight is 210 g/mol. The second-order valence-electron chi connectivity index (χ2n) is 5.21. The highest BCUT2D eigenvalue weighted by Gasteiger charge is 2.10. The van der Waals surface area contributed by atoms with Gasteiger partial charge in [0.2, 0.25) is 0 Å². The molecule has 0 rings (SSSR count). The summed E-state index contributed by atoms with van der Waals surface area (Å²) in [6, 6.07) is 0. The van der Waals surface area contributed by atoms with Crippen LogP contribution in [0.3, 0.4) is 0 Å². The Kier molecular flexibility index (Phi) is 6.58. The molecule has 0 aliphatic carbocycles. The van der Waals surface area contributed by atoms with E-state index in [0.29, 0.717) is 0 Å². The summed E-state index contributed by atoms with van der Waals surface area (Å²) in [7, 11) is 0. The Bertz CT molecular complexity index is 218. The number of aliphatic hydroxyl groups is 1. The molecule has 0 saturated carbocycles. The van der Waals surface area contributed by atoms with Crippen molar-refractivity contribution >= 4 is 0 Å². The third-order valence-corrected chi connectivity index (χ3v) is 2.42. The molecule has 0 atom stereocenters. The molecule has 0 aliphatic rings. The summed E-state index contributed by atoms with van der Waals surface area (Å²) in [4.78, 5) is 0. The lowest BCUT2D eigenvalue weighted by atomic mass is 10.0. The first-order valence-electron chi connectivity index (χ1n) is 5.83. The van der Waals surface area contributed by atoms with Crippen LogP contribution in [-0.2, 0) is 0 Å². The highest BCUT2D eigenvalue weighted by Crippen LogP contribution is 2.15. The summed E-state index contributed by atoms with van der Waals surface area (Å²) in [5, 5.41) is 9.54. The zero-order valence-electron chi connectivity index (χ0n) is 10.8. The van der Waals surface area contributed by atoms with Gasteiger partial charge < -0.3 is 5.11 Å². The molecule has 0 aromatic carbocycles. The summed E-state index contributed by atoms with van der Waals surface area (Å²) in [6.07, 6.45) is 7.53. The van der Waals surface area contributed by atoms with Crippen molar-refractivity contribution in [3.63, 3.8) is 0 Å². The van der Waals surface area contributed by atoms with Crippen LogP contribution >= 0.6 is 0 Å². The van der Waals surface area contributed by atoms with Gasteiger partial charge in [-0.25, -0.2) is 0 Å². The van der Waals surface area contributed by atoms with Crippen LogP contribution in [0, 0.1) is 0 Å². The van der Waals surface area contributed by atoms with Gasteiger partial charge in [0.15, 0.2) is 0 Å². The van der Waals surface area contributed by atoms with E-state index in [0.717, 1.165) is 25.7 Å². The molecular weight excluding hydrogens is 184 g/mol. The predicted octanol–water partition coefficient (Wildman–Crippen LogP) is 4.23. The van der Waals surface area contributed by atoms with Crippen LogP contribution in [0.4, 0.5) is 0 Å². The normalized spacial score (nSPS) is 13.0. The Hall–Kier alpha value is -0.560. The molecule has 0 amide bonds. The molecule has 0 saturated heterocycles. The minimum Gasteiger partial charge on any atom is -0.390 e. The first-order valence-corrected chi connectivity index (χ1v) is 5.83. The molecule has 0 aromatic heterocycles. The van der Waals surface area contributed by atoms with Crippen LogP contribution in [0.1, 0.15) is 59.8 Å². The molecule has 0 spiro atoms. The molecular formula is C14H26O. The van der Waals surface area contributed by atoms with Gasteiger partial charge in [0.1, 0.15) is 0 Å². The van der Waals surface area contributed by atoms with E-state index in [-0.39, 0.29) is 0 Å². The molecule has 0 unspecified atom stereocenters. The van der Waals surface area contributed by atoms with Crippen molar-refractivity contribution in [3.05, 3.63) is 23.8 Å². The summed E-state index contributed by atoms with van der Waals surface area (Å²) >= 11 is 0. The third-order valence-electron chi connectivity index (χ3n) is 2.42. The van der Waals surface area contributed by atoms with E-state index in [9.17, 15) is 5.11 Å². The molecule has 0 radical (unpaired) electrons. The van der Waals surface area contributed by atoms with Gasteiger partial charge in [0.25, 0.3) is 0 Å². The monoisotopic (exact) mass is 210 g/mol. The second-order valence-corrected chi connectivity index (χ2v) is 5.21. The molecule has 0 bridgehead atoms. The Morgan fingerprint density at radius 2 is 1.87 bits per heavy atom. The quantitative estimate of drug-likeness (QED) is 0.623. The summed E-state index contributed by atoms with van der Waals surface area (Å²) in [6.45, 7) is 11.9. The second kappa shape index (κ2) is 6.84. The minimum atomic E-state index is -0.533. The van der Waals surface area contributed by atoms with Gasteiger partial charge in [-0.1, -0.05) is 17.2 Å².